The fourth-order valence-corrected chi connectivity index (χ4v) is 3.11. The van der Waals surface area contributed by atoms with Crippen molar-refractivity contribution in [1.82, 2.24) is 10.2 Å². The molecule has 0 aliphatic carbocycles. The van der Waals surface area contributed by atoms with Gasteiger partial charge in [0.2, 0.25) is 11.8 Å². The lowest BCUT2D eigenvalue weighted by Gasteiger charge is -2.17. The highest BCUT2D eigenvalue weighted by Gasteiger charge is 2.33. The van der Waals surface area contributed by atoms with Gasteiger partial charge in [-0.15, -0.1) is 0 Å². The molecule has 1 N–H and O–H groups in total. The molecule has 0 radical (unpaired) electrons. The summed E-state index contributed by atoms with van der Waals surface area (Å²) in [5, 5.41) is 2.91. The average Bonchev–Trinajstić information content (AvgIpc) is 3.30. The molecule has 1 atom stereocenters. The molecule has 1 aromatic heterocycles. The van der Waals surface area contributed by atoms with Gasteiger partial charge in [-0.2, -0.15) is 0 Å². The SMILES string of the molecule is Cc1ccc(CN2CC(C(=O)NCCCOCc3ccco3)CC2=O)cc1. The summed E-state index contributed by atoms with van der Waals surface area (Å²) in [5.41, 5.74) is 2.28. The summed E-state index contributed by atoms with van der Waals surface area (Å²) in [5.74, 6) is 0.502. The number of ether oxygens (including phenoxy) is 1. The first-order valence-corrected chi connectivity index (χ1v) is 9.33. The van der Waals surface area contributed by atoms with Crippen molar-refractivity contribution in [3.63, 3.8) is 0 Å². The summed E-state index contributed by atoms with van der Waals surface area (Å²) < 4.78 is 10.7. The van der Waals surface area contributed by atoms with Crippen molar-refractivity contribution >= 4 is 11.8 Å². The maximum atomic E-state index is 12.3. The molecule has 1 unspecified atom stereocenters. The lowest BCUT2D eigenvalue weighted by atomic mass is 10.1. The molecule has 2 heterocycles. The van der Waals surface area contributed by atoms with Gasteiger partial charge in [0.15, 0.2) is 0 Å². The zero-order valence-electron chi connectivity index (χ0n) is 15.6. The Morgan fingerprint density at radius 2 is 2.11 bits per heavy atom. The van der Waals surface area contributed by atoms with Crippen LogP contribution in [0.5, 0.6) is 0 Å². The highest BCUT2D eigenvalue weighted by Crippen LogP contribution is 2.20. The number of carbonyl (C=O) groups is 2. The van der Waals surface area contributed by atoms with Gasteiger partial charge in [0.05, 0.1) is 12.2 Å². The van der Waals surface area contributed by atoms with Crippen LogP contribution in [-0.4, -0.2) is 36.4 Å². The van der Waals surface area contributed by atoms with Crippen LogP contribution in [0.1, 0.15) is 29.7 Å². The summed E-state index contributed by atoms with van der Waals surface area (Å²) in [6.45, 7) is 4.60. The van der Waals surface area contributed by atoms with Crippen molar-refractivity contribution in [3.05, 3.63) is 59.5 Å². The maximum absolute atomic E-state index is 12.3. The van der Waals surface area contributed by atoms with E-state index in [0.717, 1.165) is 17.7 Å². The summed E-state index contributed by atoms with van der Waals surface area (Å²) in [6.07, 6.45) is 2.62. The van der Waals surface area contributed by atoms with Gasteiger partial charge in [-0.05, 0) is 31.0 Å². The minimum atomic E-state index is -0.271. The monoisotopic (exact) mass is 370 g/mol. The Kier molecular flexibility index (Phi) is 6.65. The number of benzene rings is 1. The van der Waals surface area contributed by atoms with Gasteiger partial charge in [-0.25, -0.2) is 0 Å². The highest BCUT2D eigenvalue weighted by molar-refractivity contribution is 5.89. The zero-order valence-corrected chi connectivity index (χ0v) is 15.6. The number of nitrogens with one attached hydrogen (secondary N) is 1. The molecule has 1 aliphatic heterocycles. The molecule has 0 bridgehead atoms. The summed E-state index contributed by atoms with van der Waals surface area (Å²) in [4.78, 5) is 26.3. The normalized spacial score (nSPS) is 16.7. The van der Waals surface area contributed by atoms with E-state index in [1.54, 1.807) is 11.2 Å². The Morgan fingerprint density at radius 3 is 2.85 bits per heavy atom. The van der Waals surface area contributed by atoms with Crippen LogP contribution in [0.3, 0.4) is 0 Å². The van der Waals surface area contributed by atoms with Gasteiger partial charge in [0.1, 0.15) is 12.4 Å². The number of carbonyl (C=O) groups excluding carboxylic acids is 2. The van der Waals surface area contributed by atoms with E-state index >= 15 is 0 Å². The van der Waals surface area contributed by atoms with E-state index in [-0.39, 0.29) is 24.2 Å². The zero-order chi connectivity index (χ0) is 19.1. The van der Waals surface area contributed by atoms with Gasteiger partial charge in [-0.3, -0.25) is 9.59 Å². The molecule has 0 saturated carbocycles. The van der Waals surface area contributed by atoms with Crippen molar-refractivity contribution in [2.75, 3.05) is 19.7 Å². The molecule has 6 heteroatoms. The van der Waals surface area contributed by atoms with Crippen LogP contribution < -0.4 is 5.32 Å². The third-order valence-electron chi connectivity index (χ3n) is 4.67. The first-order chi connectivity index (χ1) is 13.1. The number of hydrogen-bond acceptors (Lipinski definition) is 4. The number of hydrogen-bond donors (Lipinski definition) is 1. The van der Waals surface area contributed by atoms with Crippen LogP contribution in [0.2, 0.25) is 0 Å². The van der Waals surface area contributed by atoms with Crippen molar-refractivity contribution in [2.45, 2.75) is 32.9 Å². The quantitative estimate of drug-likeness (QED) is 0.689. The van der Waals surface area contributed by atoms with E-state index in [9.17, 15) is 9.59 Å². The van der Waals surface area contributed by atoms with Crippen LogP contribution in [0.4, 0.5) is 0 Å². The van der Waals surface area contributed by atoms with E-state index in [2.05, 4.69) is 5.32 Å². The molecule has 6 nitrogen and oxygen atoms in total. The lowest BCUT2D eigenvalue weighted by Crippen LogP contribution is -2.33. The lowest BCUT2D eigenvalue weighted by molar-refractivity contribution is -0.129. The standard InChI is InChI=1S/C21H26N2O4/c1-16-5-7-17(8-6-16)13-23-14-18(12-20(23)24)21(25)22-9-3-10-26-15-19-4-2-11-27-19/h2,4-8,11,18H,3,9-10,12-15H2,1H3,(H,22,25). The molecule has 0 spiro atoms. The Balaban J connectivity index is 1.34. The van der Waals surface area contributed by atoms with Crippen LogP contribution in [0, 0.1) is 12.8 Å². The third kappa shape index (κ3) is 5.69. The molecule has 144 valence electrons. The summed E-state index contributed by atoms with van der Waals surface area (Å²) >= 11 is 0. The van der Waals surface area contributed by atoms with Crippen molar-refractivity contribution in [1.29, 1.82) is 0 Å². The van der Waals surface area contributed by atoms with Gasteiger partial charge in [0, 0.05) is 32.7 Å². The van der Waals surface area contributed by atoms with Crippen LogP contribution in [-0.2, 0) is 27.5 Å². The predicted octanol–water partition coefficient (Wildman–Crippen LogP) is 2.66. The fraction of sp³-hybridized carbons (Fsp3) is 0.429. The Bertz CT molecular complexity index is 740. The number of nitrogens with zero attached hydrogens (tertiary/aromatic N) is 1. The van der Waals surface area contributed by atoms with E-state index < -0.39 is 0 Å². The molecular formula is C21H26N2O4. The molecule has 2 amide bonds. The molecule has 3 rings (SSSR count). The Hall–Kier alpha value is -2.60. The predicted molar refractivity (Wildman–Crippen MR) is 101 cm³/mol. The number of likely N-dealkylation sites (tertiary alicyclic amines) is 1. The Morgan fingerprint density at radius 1 is 1.30 bits per heavy atom. The molecule has 2 aromatic rings. The van der Waals surface area contributed by atoms with E-state index in [1.807, 2.05) is 43.3 Å². The largest absolute Gasteiger partial charge is 0.467 e. The van der Waals surface area contributed by atoms with E-state index in [0.29, 0.717) is 32.8 Å². The van der Waals surface area contributed by atoms with Gasteiger partial charge < -0.3 is 19.4 Å². The topological polar surface area (TPSA) is 71.8 Å². The van der Waals surface area contributed by atoms with Crippen molar-refractivity contribution in [3.8, 4) is 0 Å². The third-order valence-corrected chi connectivity index (χ3v) is 4.67. The smallest absolute Gasteiger partial charge is 0.225 e. The average molecular weight is 370 g/mol. The molecular weight excluding hydrogens is 344 g/mol. The van der Waals surface area contributed by atoms with Crippen molar-refractivity contribution in [2.24, 2.45) is 5.92 Å². The molecule has 27 heavy (non-hydrogen) atoms. The van der Waals surface area contributed by atoms with Gasteiger partial charge >= 0.3 is 0 Å². The second-order valence-corrected chi connectivity index (χ2v) is 6.94. The first kappa shape index (κ1) is 19.2. The Labute approximate surface area is 159 Å². The second-order valence-electron chi connectivity index (χ2n) is 6.94. The number of amides is 2. The minimum Gasteiger partial charge on any atom is -0.467 e. The van der Waals surface area contributed by atoms with E-state index in [1.165, 1.54) is 5.56 Å². The molecule has 1 aromatic carbocycles. The molecule has 1 saturated heterocycles. The molecule has 1 fully saturated rings. The second kappa shape index (κ2) is 9.37. The van der Waals surface area contributed by atoms with Crippen LogP contribution in [0.15, 0.2) is 47.1 Å². The number of rotatable bonds is 9. The highest BCUT2D eigenvalue weighted by atomic mass is 16.5. The molecule has 1 aliphatic rings. The summed E-state index contributed by atoms with van der Waals surface area (Å²) in [7, 11) is 0. The van der Waals surface area contributed by atoms with Gasteiger partial charge in [0.25, 0.3) is 0 Å². The number of furan rings is 1. The fourth-order valence-electron chi connectivity index (χ4n) is 3.11. The number of aryl methyl sites for hydroxylation is 1. The summed E-state index contributed by atoms with van der Waals surface area (Å²) in [6, 6.07) is 11.8. The maximum Gasteiger partial charge on any atom is 0.225 e. The first-order valence-electron chi connectivity index (χ1n) is 9.33. The van der Waals surface area contributed by atoms with Crippen LogP contribution in [0.25, 0.3) is 0 Å². The van der Waals surface area contributed by atoms with Crippen LogP contribution >= 0.6 is 0 Å². The minimum absolute atomic E-state index is 0.0394. The van der Waals surface area contributed by atoms with Crippen molar-refractivity contribution < 1.29 is 18.7 Å². The van der Waals surface area contributed by atoms with E-state index in [4.69, 9.17) is 9.15 Å². The van der Waals surface area contributed by atoms with Gasteiger partial charge in [-0.1, -0.05) is 29.8 Å².